The van der Waals surface area contributed by atoms with E-state index in [1.54, 1.807) is 36.5 Å². The lowest BCUT2D eigenvalue weighted by Crippen LogP contribution is -2.31. The van der Waals surface area contributed by atoms with Crippen LogP contribution in [0.5, 0.6) is 0 Å². The minimum atomic E-state index is -0.586. The summed E-state index contributed by atoms with van der Waals surface area (Å²) in [5.74, 6) is -1.25. The smallest absolute Gasteiger partial charge is 0.269 e. The molecule has 0 atom stereocenters. The van der Waals surface area contributed by atoms with Gasteiger partial charge >= 0.3 is 0 Å². The third-order valence-corrected chi connectivity index (χ3v) is 4.45. The van der Waals surface area contributed by atoms with E-state index in [0.717, 1.165) is 15.8 Å². The number of anilines is 1. The Morgan fingerprint density at radius 2 is 2.00 bits per heavy atom. The van der Waals surface area contributed by atoms with Gasteiger partial charge in [-0.05, 0) is 30.3 Å². The number of hydrogen-bond donors (Lipinski definition) is 1. The van der Waals surface area contributed by atoms with Crippen molar-refractivity contribution in [2.75, 3.05) is 4.90 Å². The highest BCUT2D eigenvalue weighted by Crippen LogP contribution is 2.41. The molecule has 0 saturated heterocycles. The van der Waals surface area contributed by atoms with E-state index in [0.29, 0.717) is 21.8 Å². The van der Waals surface area contributed by atoms with Crippen LogP contribution in [0.3, 0.4) is 0 Å². The van der Waals surface area contributed by atoms with Crippen LogP contribution in [0.2, 0.25) is 5.02 Å². The van der Waals surface area contributed by atoms with Gasteiger partial charge < -0.3 is 5.11 Å². The van der Waals surface area contributed by atoms with Crippen molar-refractivity contribution in [1.82, 2.24) is 9.97 Å². The Morgan fingerprint density at radius 3 is 2.77 bits per heavy atom. The van der Waals surface area contributed by atoms with Crippen LogP contribution in [0, 0.1) is 0 Å². The first kappa shape index (κ1) is 16.2. The number of amides is 2. The molecule has 4 rings (SSSR count). The van der Waals surface area contributed by atoms with Gasteiger partial charge in [0.15, 0.2) is 0 Å². The average molecular weight is 366 g/mol. The molecule has 0 radical (unpaired) electrons. The van der Waals surface area contributed by atoms with E-state index in [1.807, 2.05) is 0 Å². The van der Waals surface area contributed by atoms with Gasteiger partial charge in [-0.3, -0.25) is 9.59 Å². The fourth-order valence-corrected chi connectivity index (χ4v) is 3.22. The zero-order chi connectivity index (χ0) is 18.4. The molecule has 26 heavy (non-hydrogen) atoms. The number of carbonyl (C=O) groups is 2. The number of nitrogens with zero attached hydrogens (tertiary/aromatic N) is 3. The predicted octanol–water partition coefficient (Wildman–Crippen LogP) is 3.60. The summed E-state index contributed by atoms with van der Waals surface area (Å²) in [5, 5.41) is 11.9. The second-order valence-corrected chi connectivity index (χ2v) is 6.28. The van der Waals surface area contributed by atoms with Gasteiger partial charge in [0.1, 0.15) is 12.1 Å². The first-order valence-corrected chi connectivity index (χ1v) is 8.13. The summed E-state index contributed by atoms with van der Waals surface area (Å²) in [6.45, 7) is 1.29. The first-order chi connectivity index (χ1) is 12.5. The Kier molecular flexibility index (Phi) is 3.70. The summed E-state index contributed by atoms with van der Waals surface area (Å²) in [6, 6.07) is 9.85. The number of carbonyl (C=O) groups excluding carboxylic acids is 2. The minimum absolute atomic E-state index is 0.0584. The van der Waals surface area contributed by atoms with Crippen molar-refractivity contribution in [2.45, 2.75) is 6.92 Å². The number of benzene rings is 2. The van der Waals surface area contributed by atoms with Gasteiger partial charge in [0.2, 0.25) is 5.91 Å². The molecule has 1 N–H and O–H groups in total. The average Bonchev–Trinajstić information content (AvgIpc) is 2.91. The maximum absolute atomic E-state index is 12.8. The number of imide groups is 1. The topological polar surface area (TPSA) is 83.4 Å². The molecule has 1 aromatic heterocycles. The monoisotopic (exact) mass is 365 g/mol. The van der Waals surface area contributed by atoms with Crippen molar-refractivity contribution in [3.8, 4) is 0 Å². The highest BCUT2D eigenvalue weighted by molar-refractivity contribution is 6.43. The highest BCUT2D eigenvalue weighted by Gasteiger charge is 2.37. The molecule has 0 bridgehead atoms. The Morgan fingerprint density at radius 1 is 1.19 bits per heavy atom. The number of rotatable bonds is 1. The lowest BCUT2D eigenvalue weighted by Gasteiger charge is -2.12. The molecule has 0 spiro atoms. The van der Waals surface area contributed by atoms with Gasteiger partial charge in [0.25, 0.3) is 5.91 Å². The Balaban J connectivity index is 1.95. The molecule has 2 heterocycles. The molecule has 128 valence electrons. The van der Waals surface area contributed by atoms with E-state index >= 15 is 0 Å². The second-order valence-electron chi connectivity index (χ2n) is 5.84. The number of halogens is 1. The fraction of sp³-hybridized carbons (Fsp3) is 0.0526. The van der Waals surface area contributed by atoms with Crippen LogP contribution in [0.15, 0.2) is 48.9 Å². The fourth-order valence-electron chi connectivity index (χ4n) is 3.06. The standard InChI is InChI=1S/C19H12ClN3O3/c1-10(24)23-16-7-13(20)3-4-14(16)17(19(23)26)18(25)11-2-5-15-12(6-11)8-21-9-22-15/h2-9,25H,1H3/b18-17+. The van der Waals surface area contributed by atoms with Crippen molar-refractivity contribution >= 4 is 51.3 Å². The van der Waals surface area contributed by atoms with Gasteiger partial charge in [-0.15, -0.1) is 0 Å². The number of aliphatic hydroxyl groups is 1. The summed E-state index contributed by atoms with van der Waals surface area (Å²) in [4.78, 5) is 33.9. The summed E-state index contributed by atoms with van der Waals surface area (Å²) in [7, 11) is 0. The number of aliphatic hydroxyl groups excluding tert-OH is 1. The van der Waals surface area contributed by atoms with E-state index in [1.165, 1.54) is 19.3 Å². The van der Waals surface area contributed by atoms with Crippen molar-refractivity contribution in [2.24, 2.45) is 0 Å². The van der Waals surface area contributed by atoms with Gasteiger partial charge in [0.05, 0.1) is 16.8 Å². The van der Waals surface area contributed by atoms with Crippen molar-refractivity contribution in [1.29, 1.82) is 0 Å². The van der Waals surface area contributed by atoms with E-state index < -0.39 is 11.8 Å². The van der Waals surface area contributed by atoms with Crippen LogP contribution in [0.1, 0.15) is 18.1 Å². The summed E-state index contributed by atoms with van der Waals surface area (Å²) in [6.07, 6.45) is 3.06. The van der Waals surface area contributed by atoms with Crippen LogP contribution in [0.4, 0.5) is 5.69 Å². The summed E-state index contributed by atoms with van der Waals surface area (Å²) < 4.78 is 0. The molecule has 2 amide bonds. The molecule has 1 aliphatic rings. The van der Waals surface area contributed by atoms with E-state index in [2.05, 4.69) is 9.97 Å². The molecule has 0 aliphatic carbocycles. The first-order valence-electron chi connectivity index (χ1n) is 7.75. The Labute approximate surface area is 153 Å². The zero-order valence-electron chi connectivity index (χ0n) is 13.6. The third kappa shape index (κ3) is 2.43. The maximum atomic E-state index is 12.8. The van der Waals surface area contributed by atoms with Crippen molar-refractivity contribution in [3.05, 3.63) is 65.1 Å². The van der Waals surface area contributed by atoms with Gasteiger partial charge in [-0.2, -0.15) is 0 Å². The molecule has 0 fully saturated rings. The largest absolute Gasteiger partial charge is 0.506 e. The number of fused-ring (bicyclic) bond motifs is 2. The number of hydrogen-bond acceptors (Lipinski definition) is 5. The molecule has 3 aromatic rings. The lowest BCUT2D eigenvalue weighted by molar-refractivity contribution is -0.122. The maximum Gasteiger partial charge on any atom is 0.269 e. The predicted molar refractivity (Wildman–Crippen MR) is 98.6 cm³/mol. The number of aromatic nitrogens is 2. The van der Waals surface area contributed by atoms with Crippen LogP contribution < -0.4 is 4.90 Å². The minimum Gasteiger partial charge on any atom is -0.506 e. The van der Waals surface area contributed by atoms with Crippen LogP contribution in [0.25, 0.3) is 22.2 Å². The van der Waals surface area contributed by atoms with Crippen LogP contribution >= 0.6 is 11.6 Å². The molecule has 2 aromatic carbocycles. The molecule has 0 saturated carbocycles. The van der Waals surface area contributed by atoms with Crippen molar-refractivity contribution in [3.63, 3.8) is 0 Å². The van der Waals surface area contributed by atoms with E-state index in [-0.39, 0.29) is 11.3 Å². The highest BCUT2D eigenvalue weighted by atomic mass is 35.5. The molecule has 0 unspecified atom stereocenters. The molecule has 6 nitrogen and oxygen atoms in total. The summed E-state index contributed by atoms with van der Waals surface area (Å²) in [5.41, 5.74) is 2.03. The molecule has 7 heteroatoms. The second kappa shape index (κ2) is 5.93. The SMILES string of the molecule is CC(=O)N1C(=O)/C(=C(/O)c2ccc3ncncc3c2)c2ccc(Cl)cc21. The van der Waals surface area contributed by atoms with Crippen LogP contribution in [-0.2, 0) is 9.59 Å². The van der Waals surface area contributed by atoms with E-state index in [4.69, 9.17) is 11.6 Å². The van der Waals surface area contributed by atoms with Crippen molar-refractivity contribution < 1.29 is 14.7 Å². The van der Waals surface area contributed by atoms with Gasteiger partial charge in [-0.25, -0.2) is 14.9 Å². The third-order valence-electron chi connectivity index (χ3n) is 4.22. The van der Waals surface area contributed by atoms with Crippen LogP contribution in [-0.4, -0.2) is 26.9 Å². The molecular formula is C19H12ClN3O3. The zero-order valence-corrected chi connectivity index (χ0v) is 14.4. The quantitative estimate of drug-likeness (QED) is 0.526. The van der Waals surface area contributed by atoms with Gasteiger partial charge in [-0.1, -0.05) is 17.7 Å². The summed E-state index contributed by atoms with van der Waals surface area (Å²) >= 11 is 6.01. The van der Waals surface area contributed by atoms with E-state index in [9.17, 15) is 14.7 Å². The van der Waals surface area contributed by atoms with Gasteiger partial charge in [0, 0.05) is 34.7 Å². The Bertz CT molecular complexity index is 1120. The molecular weight excluding hydrogens is 354 g/mol. The lowest BCUT2D eigenvalue weighted by atomic mass is 10.0. The Hall–Kier alpha value is -3.25. The normalized spacial score (nSPS) is 15.3. The molecule has 1 aliphatic heterocycles.